The standard InChI is InChI=1S/C14H15BrN2O2S/c1-3-10-7-16-13(20-10)8(2)17-12-5-4-9(15)6-11(12)14(18)19/h4-8,17H,3H2,1-2H3,(H,18,19). The Morgan fingerprint density at radius 3 is 2.90 bits per heavy atom. The quantitative estimate of drug-likeness (QED) is 0.838. The number of nitrogens with zero attached hydrogens (tertiary/aromatic N) is 1. The van der Waals surface area contributed by atoms with Crippen molar-refractivity contribution in [2.75, 3.05) is 5.32 Å². The van der Waals surface area contributed by atoms with Crippen molar-refractivity contribution in [2.45, 2.75) is 26.3 Å². The summed E-state index contributed by atoms with van der Waals surface area (Å²) in [7, 11) is 0. The van der Waals surface area contributed by atoms with Crippen LogP contribution in [0.1, 0.15) is 40.1 Å². The molecule has 1 aromatic heterocycles. The van der Waals surface area contributed by atoms with Gasteiger partial charge < -0.3 is 10.4 Å². The maximum Gasteiger partial charge on any atom is 0.337 e. The molecule has 106 valence electrons. The molecule has 0 aliphatic carbocycles. The number of aryl methyl sites for hydroxylation is 1. The van der Waals surface area contributed by atoms with Gasteiger partial charge in [-0.3, -0.25) is 0 Å². The minimum Gasteiger partial charge on any atom is -0.478 e. The van der Waals surface area contributed by atoms with E-state index in [1.165, 1.54) is 4.88 Å². The minimum absolute atomic E-state index is 0.0282. The zero-order valence-corrected chi connectivity index (χ0v) is 13.6. The van der Waals surface area contributed by atoms with Crippen molar-refractivity contribution in [1.82, 2.24) is 4.98 Å². The Morgan fingerprint density at radius 2 is 2.30 bits per heavy atom. The molecule has 0 saturated heterocycles. The lowest BCUT2D eigenvalue weighted by Gasteiger charge is -2.15. The first-order chi connectivity index (χ1) is 9.51. The SMILES string of the molecule is CCc1cnc(C(C)Nc2ccc(Br)cc2C(=O)O)s1. The fourth-order valence-electron chi connectivity index (χ4n) is 1.80. The van der Waals surface area contributed by atoms with Crippen LogP contribution >= 0.6 is 27.3 Å². The smallest absolute Gasteiger partial charge is 0.337 e. The lowest BCUT2D eigenvalue weighted by Crippen LogP contribution is -2.10. The number of benzene rings is 1. The summed E-state index contributed by atoms with van der Waals surface area (Å²) in [6, 6.07) is 5.15. The zero-order chi connectivity index (χ0) is 14.7. The highest BCUT2D eigenvalue weighted by Crippen LogP contribution is 2.27. The third-order valence-electron chi connectivity index (χ3n) is 2.87. The van der Waals surface area contributed by atoms with Gasteiger partial charge >= 0.3 is 5.97 Å². The monoisotopic (exact) mass is 354 g/mol. The summed E-state index contributed by atoms with van der Waals surface area (Å²) in [6.07, 6.45) is 2.83. The van der Waals surface area contributed by atoms with Gasteiger partial charge in [-0.15, -0.1) is 11.3 Å². The molecule has 2 N–H and O–H groups in total. The Hall–Kier alpha value is -1.40. The molecule has 0 bridgehead atoms. The van der Waals surface area contributed by atoms with E-state index in [9.17, 15) is 9.90 Å². The normalized spacial score (nSPS) is 12.2. The third kappa shape index (κ3) is 3.37. The van der Waals surface area contributed by atoms with Gasteiger partial charge in [0, 0.05) is 21.2 Å². The number of hydrogen-bond donors (Lipinski definition) is 2. The van der Waals surface area contributed by atoms with E-state index in [4.69, 9.17) is 0 Å². The second kappa shape index (κ2) is 6.37. The van der Waals surface area contributed by atoms with Crippen molar-refractivity contribution >= 4 is 38.9 Å². The van der Waals surface area contributed by atoms with Crippen LogP contribution in [0.4, 0.5) is 5.69 Å². The van der Waals surface area contributed by atoms with Gasteiger partial charge in [0.1, 0.15) is 5.01 Å². The van der Waals surface area contributed by atoms with Crippen LogP contribution in [0.5, 0.6) is 0 Å². The third-order valence-corrected chi connectivity index (χ3v) is 4.69. The first kappa shape index (κ1) is 15.0. The molecule has 0 fully saturated rings. The number of aromatic carboxylic acids is 1. The number of carboxylic acid groups (broad SMARTS) is 1. The van der Waals surface area contributed by atoms with Crippen LogP contribution in [0.2, 0.25) is 0 Å². The molecular weight excluding hydrogens is 340 g/mol. The topological polar surface area (TPSA) is 62.2 Å². The van der Waals surface area contributed by atoms with Crippen molar-refractivity contribution in [2.24, 2.45) is 0 Å². The van der Waals surface area contributed by atoms with E-state index >= 15 is 0 Å². The predicted octanol–water partition coefficient (Wildman–Crippen LogP) is 4.34. The Kier molecular flexibility index (Phi) is 4.77. The first-order valence-corrected chi connectivity index (χ1v) is 7.86. The number of hydrogen-bond acceptors (Lipinski definition) is 4. The maximum absolute atomic E-state index is 11.3. The lowest BCUT2D eigenvalue weighted by molar-refractivity contribution is 0.0698. The predicted molar refractivity (Wildman–Crippen MR) is 84.6 cm³/mol. The van der Waals surface area contributed by atoms with Crippen LogP contribution in [0.25, 0.3) is 0 Å². The molecule has 1 heterocycles. The van der Waals surface area contributed by atoms with Gasteiger partial charge in [0.2, 0.25) is 0 Å². The van der Waals surface area contributed by atoms with Crippen LogP contribution in [0, 0.1) is 0 Å². The Balaban J connectivity index is 2.23. The second-order valence-electron chi connectivity index (χ2n) is 4.38. The molecule has 0 aliphatic rings. The number of aromatic nitrogens is 1. The molecule has 1 atom stereocenters. The van der Waals surface area contributed by atoms with E-state index < -0.39 is 5.97 Å². The highest BCUT2D eigenvalue weighted by Gasteiger charge is 2.15. The molecule has 2 aromatic rings. The van der Waals surface area contributed by atoms with Crippen molar-refractivity contribution in [1.29, 1.82) is 0 Å². The molecular formula is C14H15BrN2O2S. The molecule has 0 saturated carbocycles. The highest BCUT2D eigenvalue weighted by molar-refractivity contribution is 9.10. The summed E-state index contributed by atoms with van der Waals surface area (Å²) in [5.74, 6) is -0.950. The van der Waals surface area contributed by atoms with Crippen LogP contribution in [0.15, 0.2) is 28.9 Å². The van der Waals surface area contributed by atoms with Crippen molar-refractivity contribution in [3.8, 4) is 0 Å². The number of rotatable bonds is 5. The minimum atomic E-state index is -0.950. The number of nitrogens with one attached hydrogen (secondary N) is 1. The van der Waals surface area contributed by atoms with Crippen molar-refractivity contribution < 1.29 is 9.90 Å². The van der Waals surface area contributed by atoms with Crippen LogP contribution in [-0.4, -0.2) is 16.1 Å². The molecule has 0 aliphatic heterocycles. The molecule has 0 spiro atoms. The largest absolute Gasteiger partial charge is 0.478 e. The van der Waals surface area contributed by atoms with E-state index in [0.29, 0.717) is 5.69 Å². The molecule has 2 rings (SSSR count). The van der Waals surface area contributed by atoms with Gasteiger partial charge in [0.25, 0.3) is 0 Å². The van der Waals surface area contributed by atoms with Crippen LogP contribution in [0.3, 0.4) is 0 Å². The average molecular weight is 355 g/mol. The van der Waals surface area contributed by atoms with Gasteiger partial charge in [-0.2, -0.15) is 0 Å². The van der Waals surface area contributed by atoms with E-state index in [1.807, 2.05) is 19.2 Å². The van der Waals surface area contributed by atoms with E-state index in [1.54, 1.807) is 23.5 Å². The molecule has 1 aromatic carbocycles. The summed E-state index contributed by atoms with van der Waals surface area (Å²) in [5, 5.41) is 13.4. The highest BCUT2D eigenvalue weighted by atomic mass is 79.9. The Labute approximate surface area is 130 Å². The fraction of sp³-hybridized carbons (Fsp3) is 0.286. The summed E-state index contributed by atoms with van der Waals surface area (Å²) in [4.78, 5) is 16.9. The zero-order valence-electron chi connectivity index (χ0n) is 11.2. The number of carbonyl (C=O) groups is 1. The Morgan fingerprint density at radius 1 is 1.55 bits per heavy atom. The van der Waals surface area contributed by atoms with Crippen molar-refractivity contribution in [3.05, 3.63) is 44.3 Å². The molecule has 6 heteroatoms. The van der Waals surface area contributed by atoms with Gasteiger partial charge in [0.05, 0.1) is 11.6 Å². The van der Waals surface area contributed by atoms with Gasteiger partial charge in [-0.05, 0) is 31.5 Å². The molecule has 20 heavy (non-hydrogen) atoms. The number of halogens is 1. The number of thiazole rings is 1. The summed E-state index contributed by atoms with van der Waals surface area (Å²) in [6.45, 7) is 4.07. The summed E-state index contributed by atoms with van der Waals surface area (Å²) >= 11 is 4.93. The molecule has 4 nitrogen and oxygen atoms in total. The molecule has 0 amide bonds. The van der Waals surface area contributed by atoms with E-state index in [0.717, 1.165) is 15.9 Å². The Bertz CT molecular complexity index is 627. The van der Waals surface area contributed by atoms with Gasteiger partial charge in [-0.25, -0.2) is 9.78 Å². The summed E-state index contributed by atoms with van der Waals surface area (Å²) in [5.41, 5.74) is 0.847. The average Bonchev–Trinajstić information content (AvgIpc) is 2.89. The van der Waals surface area contributed by atoms with Crippen LogP contribution < -0.4 is 5.32 Å². The lowest BCUT2D eigenvalue weighted by atomic mass is 10.1. The van der Waals surface area contributed by atoms with Crippen molar-refractivity contribution in [3.63, 3.8) is 0 Å². The number of carboxylic acids is 1. The maximum atomic E-state index is 11.3. The van der Waals surface area contributed by atoms with Gasteiger partial charge in [0.15, 0.2) is 0 Å². The van der Waals surface area contributed by atoms with Crippen LogP contribution in [-0.2, 0) is 6.42 Å². The first-order valence-electron chi connectivity index (χ1n) is 6.25. The second-order valence-corrected chi connectivity index (χ2v) is 6.44. The van der Waals surface area contributed by atoms with E-state index in [-0.39, 0.29) is 11.6 Å². The molecule has 0 radical (unpaired) electrons. The fourth-order valence-corrected chi connectivity index (χ4v) is 3.02. The summed E-state index contributed by atoms with van der Waals surface area (Å²) < 4.78 is 0.746. The molecule has 1 unspecified atom stereocenters. The number of anilines is 1. The van der Waals surface area contributed by atoms with E-state index in [2.05, 4.69) is 33.2 Å². The van der Waals surface area contributed by atoms with Gasteiger partial charge in [-0.1, -0.05) is 22.9 Å².